The number of nitrogens with one attached hydrogen (secondary N) is 1. The van der Waals surface area contributed by atoms with Gasteiger partial charge in [-0.25, -0.2) is 4.98 Å². The lowest BCUT2D eigenvalue weighted by Crippen LogP contribution is -2.13. The molecular formula is C10H16N2S. The SMILES string of the molecule is CC(C)=CCNCc1csc(C)n1. The smallest absolute Gasteiger partial charge is 0.0897 e. The van der Waals surface area contributed by atoms with Gasteiger partial charge in [-0.2, -0.15) is 0 Å². The van der Waals surface area contributed by atoms with Gasteiger partial charge >= 0.3 is 0 Å². The number of aryl methyl sites for hydroxylation is 1. The Labute approximate surface area is 83.7 Å². The van der Waals surface area contributed by atoms with E-state index in [1.54, 1.807) is 11.3 Å². The normalized spacial score (nSPS) is 10.1. The Balaban J connectivity index is 2.24. The topological polar surface area (TPSA) is 24.9 Å². The molecule has 1 heterocycles. The van der Waals surface area contributed by atoms with Crippen LogP contribution in [0.2, 0.25) is 0 Å². The lowest BCUT2D eigenvalue weighted by Gasteiger charge is -1.97. The zero-order chi connectivity index (χ0) is 9.68. The van der Waals surface area contributed by atoms with E-state index < -0.39 is 0 Å². The van der Waals surface area contributed by atoms with Crippen molar-refractivity contribution in [3.63, 3.8) is 0 Å². The largest absolute Gasteiger partial charge is 0.308 e. The number of thiazole rings is 1. The molecule has 1 aromatic heterocycles. The summed E-state index contributed by atoms with van der Waals surface area (Å²) in [6, 6.07) is 0. The highest BCUT2D eigenvalue weighted by molar-refractivity contribution is 7.09. The van der Waals surface area contributed by atoms with E-state index in [-0.39, 0.29) is 0 Å². The fraction of sp³-hybridized carbons (Fsp3) is 0.500. The van der Waals surface area contributed by atoms with Crippen LogP contribution in [0.25, 0.3) is 0 Å². The molecule has 0 spiro atoms. The molecule has 0 saturated carbocycles. The molecule has 0 aliphatic rings. The van der Waals surface area contributed by atoms with Crippen molar-refractivity contribution in [2.24, 2.45) is 0 Å². The van der Waals surface area contributed by atoms with E-state index in [2.05, 4.69) is 35.6 Å². The van der Waals surface area contributed by atoms with Crippen molar-refractivity contribution in [1.82, 2.24) is 10.3 Å². The molecule has 3 heteroatoms. The van der Waals surface area contributed by atoms with E-state index in [0.29, 0.717) is 0 Å². The fourth-order valence-corrected chi connectivity index (χ4v) is 1.58. The van der Waals surface area contributed by atoms with Gasteiger partial charge in [-0.15, -0.1) is 11.3 Å². The molecule has 1 rings (SSSR count). The molecule has 0 aromatic carbocycles. The van der Waals surface area contributed by atoms with E-state index in [0.717, 1.165) is 23.8 Å². The summed E-state index contributed by atoms with van der Waals surface area (Å²) in [5, 5.41) is 6.55. The third kappa shape index (κ3) is 4.20. The maximum Gasteiger partial charge on any atom is 0.0897 e. The summed E-state index contributed by atoms with van der Waals surface area (Å²) in [5.74, 6) is 0. The molecule has 0 atom stereocenters. The van der Waals surface area contributed by atoms with Gasteiger partial charge in [-0.3, -0.25) is 0 Å². The molecule has 1 N–H and O–H groups in total. The minimum absolute atomic E-state index is 0.869. The first-order valence-electron chi connectivity index (χ1n) is 4.43. The zero-order valence-electron chi connectivity index (χ0n) is 8.42. The zero-order valence-corrected chi connectivity index (χ0v) is 9.24. The standard InChI is InChI=1S/C10H16N2S/c1-8(2)4-5-11-6-10-7-13-9(3)12-10/h4,7,11H,5-6H2,1-3H3. The Bertz CT molecular complexity index is 285. The molecule has 72 valence electrons. The van der Waals surface area contributed by atoms with Gasteiger partial charge in [0.05, 0.1) is 10.7 Å². The Morgan fingerprint density at radius 3 is 2.92 bits per heavy atom. The number of aromatic nitrogens is 1. The summed E-state index contributed by atoms with van der Waals surface area (Å²) < 4.78 is 0. The second kappa shape index (κ2) is 5.14. The highest BCUT2D eigenvalue weighted by atomic mass is 32.1. The molecule has 0 saturated heterocycles. The van der Waals surface area contributed by atoms with Crippen LogP contribution < -0.4 is 5.32 Å². The lowest BCUT2D eigenvalue weighted by atomic mass is 10.3. The molecule has 0 aliphatic heterocycles. The minimum Gasteiger partial charge on any atom is -0.308 e. The first kappa shape index (κ1) is 10.4. The minimum atomic E-state index is 0.869. The van der Waals surface area contributed by atoms with Gasteiger partial charge in [-0.1, -0.05) is 11.6 Å². The van der Waals surface area contributed by atoms with Gasteiger partial charge in [0.25, 0.3) is 0 Å². The van der Waals surface area contributed by atoms with Gasteiger partial charge in [0.2, 0.25) is 0 Å². The fourth-order valence-electron chi connectivity index (χ4n) is 0.966. The highest BCUT2D eigenvalue weighted by Crippen LogP contribution is 2.06. The summed E-state index contributed by atoms with van der Waals surface area (Å²) >= 11 is 1.70. The summed E-state index contributed by atoms with van der Waals surface area (Å²) in [6.07, 6.45) is 2.18. The van der Waals surface area contributed by atoms with Crippen molar-refractivity contribution >= 4 is 11.3 Å². The van der Waals surface area contributed by atoms with Crippen LogP contribution in [0.15, 0.2) is 17.0 Å². The predicted octanol–water partition coefficient (Wildman–Crippen LogP) is 2.51. The molecule has 2 nitrogen and oxygen atoms in total. The summed E-state index contributed by atoms with van der Waals surface area (Å²) in [5.41, 5.74) is 2.49. The van der Waals surface area contributed by atoms with Crippen molar-refractivity contribution in [2.45, 2.75) is 27.3 Å². The first-order chi connectivity index (χ1) is 6.18. The van der Waals surface area contributed by atoms with Crippen LogP contribution in [0.3, 0.4) is 0 Å². The van der Waals surface area contributed by atoms with Crippen LogP contribution in [-0.4, -0.2) is 11.5 Å². The molecule has 0 amide bonds. The summed E-state index contributed by atoms with van der Waals surface area (Å²) in [7, 11) is 0. The summed E-state index contributed by atoms with van der Waals surface area (Å²) in [4.78, 5) is 4.36. The summed E-state index contributed by atoms with van der Waals surface area (Å²) in [6.45, 7) is 8.04. The van der Waals surface area contributed by atoms with E-state index in [9.17, 15) is 0 Å². The Morgan fingerprint density at radius 2 is 2.38 bits per heavy atom. The quantitative estimate of drug-likeness (QED) is 0.591. The van der Waals surface area contributed by atoms with Crippen LogP contribution in [0.5, 0.6) is 0 Å². The molecule has 0 bridgehead atoms. The van der Waals surface area contributed by atoms with Crippen molar-refractivity contribution in [2.75, 3.05) is 6.54 Å². The van der Waals surface area contributed by atoms with Crippen molar-refractivity contribution < 1.29 is 0 Å². The van der Waals surface area contributed by atoms with E-state index in [1.807, 2.05) is 6.92 Å². The van der Waals surface area contributed by atoms with E-state index in [4.69, 9.17) is 0 Å². The van der Waals surface area contributed by atoms with Crippen molar-refractivity contribution in [3.05, 3.63) is 27.7 Å². The van der Waals surface area contributed by atoms with Crippen LogP contribution in [-0.2, 0) is 6.54 Å². The molecule has 0 unspecified atom stereocenters. The Hall–Kier alpha value is -0.670. The third-order valence-corrected chi connectivity index (χ3v) is 2.45. The Morgan fingerprint density at radius 1 is 1.62 bits per heavy atom. The second-order valence-electron chi connectivity index (χ2n) is 3.27. The lowest BCUT2D eigenvalue weighted by molar-refractivity contribution is 0.740. The molecule has 0 radical (unpaired) electrons. The average Bonchev–Trinajstić information content (AvgIpc) is 2.45. The van der Waals surface area contributed by atoms with Gasteiger partial charge in [0.15, 0.2) is 0 Å². The number of hydrogen-bond donors (Lipinski definition) is 1. The van der Waals surface area contributed by atoms with Gasteiger partial charge in [0, 0.05) is 18.5 Å². The second-order valence-corrected chi connectivity index (χ2v) is 4.33. The first-order valence-corrected chi connectivity index (χ1v) is 5.31. The molecular weight excluding hydrogens is 180 g/mol. The molecule has 1 aromatic rings. The van der Waals surface area contributed by atoms with E-state index in [1.165, 1.54) is 5.57 Å². The van der Waals surface area contributed by atoms with Crippen LogP contribution >= 0.6 is 11.3 Å². The number of nitrogens with zero attached hydrogens (tertiary/aromatic N) is 1. The van der Waals surface area contributed by atoms with Gasteiger partial charge < -0.3 is 5.32 Å². The maximum absolute atomic E-state index is 4.36. The monoisotopic (exact) mass is 196 g/mol. The van der Waals surface area contributed by atoms with Crippen molar-refractivity contribution in [1.29, 1.82) is 0 Å². The maximum atomic E-state index is 4.36. The predicted molar refractivity (Wildman–Crippen MR) is 58.0 cm³/mol. The van der Waals surface area contributed by atoms with Crippen LogP contribution in [0, 0.1) is 6.92 Å². The van der Waals surface area contributed by atoms with E-state index >= 15 is 0 Å². The Kier molecular flexibility index (Phi) is 4.12. The molecule has 0 fully saturated rings. The number of rotatable bonds is 4. The molecule has 0 aliphatic carbocycles. The van der Waals surface area contributed by atoms with Crippen LogP contribution in [0.1, 0.15) is 24.5 Å². The van der Waals surface area contributed by atoms with Crippen molar-refractivity contribution in [3.8, 4) is 0 Å². The highest BCUT2D eigenvalue weighted by Gasteiger charge is 1.95. The van der Waals surface area contributed by atoms with Crippen LogP contribution in [0.4, 0.5) is 0 Å². The molecule has 13 heavy (non-hydrogen) atoms. The van der Waals surface area contributed by atoms with Gasteiger partial charge in [-0.05, 0) is 20.8 Å². The third-order valence-electron chi connectivity index (χ3n) is 1.63. The van der Waals surface area contributed by atoms with Gasteiger partial charge in [0.1, 0.15) is 0 Å². The number of hydrogen-bond acceptors (Lipinski definition) is 3. The number of allylic oxidation sites excluding steroid dienone is 1. The average molecular weight is 196 g/mol.